The van der Waals surface area contributed by atoms with Gasteiger partial charge in [0, 0.05) is 17.7 Å². The van der Waals surface area contributed by atoms with Crippen molar-refractivity contribution in [3.63, 3.8) is 0 Å². The van der Waals surface area contributed by atoms with Gasteiger partial charge in [0.25, 0.3) is 5.91 Å². The van der Waals surface area contributed by atoms with Gasteiger partial charge in [0.05, 0.1) is 23.0 Å². The fraction of sp³-hybridized carbons (Fsp3) is 0.242. The van der Waals surface area contributed by atoms with Crippen LogP contribution in [0.5, 0.6) is 0 Å². The van der Waals surface area contributed by atoms with Gasteiger partial charge in [-0.15, -0.1) is 0 Å². The third-order valence-electron chi connectivity index (χ3n) is 7.39. The van der Waals surface area contributed by atoms with Crippen molar-refractivity contribution in [3.8, 4) is 17.3 Å². The number of nitriles is 1. The van der Waals surface area contributed by atoms with E-state index in [4.69, 9.17) is 10.2 Å². The first-order valence-electron chi connectivity index (χ1n) is 13.7. The molecule has 1 aliphatic carbocycles. The van der Waals surface area contributed by atoms with Crippen LogP contribution < -0.4 is 16.0 Å². The Morgan fingerprint density at radius 2 is 1.67 bits per heavy atom. The molecule has 3 aromatic carbocycles. The van der Waals surface area contributed by atoms with Crippen molar-refractivity contribution in [2.24, 2.45) is 0 Å². The number of rotatable bonds is 8. The summed E-state index contributed by atoms with van der Waals surface area (Å²) in [5, 5.41) is 29.1. The molecule has 4 aromatic rings. The van der Waals surface area contributed by atoms with Crippen molar-refractivity contribution in [2.75, 3.05) is 6.54 Å². The van der Waals surface area contributed by atoms with Crippen LogP contribution in [0.1, 0.15) is 53.9 Å². The maximum Gasteiger partial charge on any atom is 0.310 e. The average Bonchev–Trinajstić information content (AvgIpc) is 3.78. The van der Waals surface area contributed by atoms with E-state index in [-0.39, 0.29) is 19.0 Å². The second-order valence-electron chi connectivity index (χ2n) is 10.9. The van der Waals surface area contributed by atoms with Crippen LogP contribution in [0.2, 0.25) is 0 Å². The first-order valence-corrected chi connectivity index (χ1v) is 13.7. The number of nitrogens with zero attached hydrogens (tertiary/aromatic N) is 2. The molecule has 1 aliphatic rings. The first-order chi connectivity index (χ1) is 20.1. The van der Waals surface area contributed by atoms with Crippen LogP contribution in [-0.2, 0) is 27.3 Å². The highest BCUT2D eigenvalue weighted by atomic mass is 16.3. The summed E-state index contributed by atoms with van der Waals surface area (Å²) in [7, 11) is 0. The lowest BCUT2D eigenvalue weighted by atomic mass is 9.92. The molecule has 1 aromatic heterocycles. The van der Waals surface area contributed by atoms with Crippen molar-refractivity contribution in [2.45, 2.75) is 44.4 Å². The molecule has 42 heavy (non-hydrogen) atoms. The monoisotopic (exact) mass is 561 g/mol. The Morgan fingerprint density at radius 3 is 2.40 bits per heavy atom. The highest BCUT2D eigenvalue weighted by molar-refractivity contribution is 6.35. The maximum atomic E-state index is 13.7. The van der Waals surface area contributed by atoms with E-state index in [1.807, 2.05) is 36.4 Å². The van der Waals surface area contributed by atoms with Crippen molar-refractivity contribution >= 4 is 28.5 Å². The molecule has 5 rings (SSSR count). The van der Waals surface area contributed by atoms with E-state index >= 15 is 0 Å². The SMILES string of the molecule is CC(C)(O)c1cccc(-c2cc(C3(NC(=O)c4ccccc4CNC(=O)C(=O)NCC#N)CC3)c3ccccc3c2)n1. The molecule has 1 heterocycles. The van der Waals surface area contributed by atoms with Gasteiger partial charge < -0.3 is 21.1 Å². The Bertz CT molecular complexity index is 1730. The van der Waals surface area contributed by atoms with Gasteiger partial charge in [-0.05, 0) is 78.9 Å². The summed E-state index contributed by atoms with van der Waals surface area (Å²) in [4.78, 5) is 42.4. The normalized spacial score (nSPS) is 13.6. The topological polar surface area (TPSA) is 144 Å². The Kier molecular flexibility index (Phi) is 7.74. The molecule has 0 unspecified atom stereocenters. The Labute approximate surface area is 243 Å². The highest BCUT2D eigenvalue weighted by Gasteiger charge is 2.47. The van der Waals surface area contributed by atoms with Crippen molar-refractivity contribution in [1.29, 1.82) is 5.26 Å². The standard InChI is InChI=1S/C33H31N5O4/c1-32(2,42)28-13-7-12-27(37-28)23-18-21-8-3-5-10-24(21)26(19-23)33(14-15-33)38-29(39)25-11-6-4-9-22(25)20-36-31(41)30(40)35-17-16-34/h3-13,18-19,42H,14-15,17,20H2,1-2H3,(H,35,40)(H,36,41)(H,38,39). The molecular formula is C33H31N5O4. The van der Waals surface area contributed by atoms with Gasteiger partial charge in [-0.2, -0.15) is 5.26 Å². The summed E-state index contributed by atoms with van der Waals surface area (Å²) in [5.74, 6) is -2.09. The minimum Gasteiger partial charge on any atom is -0.384 e. The van der Waals surface area contributed by atoms with Gasteiger partial charge >= 0.3 is 11.8 Å². The van der Waals surface area contributed by atoms with Gasteiger partial charge in [0.2, 0.25) is 0 Å². The molecule has 0 bridgehead atoms. The van der Waals surface area contributed by atoms with Crippen LogP contribution in [-0.4, -0.2) is 34.4 Å². The smallest absolute Gasteiger partial charge is 0.310 e. The number of carbonyl (C=O) groups is 3. The van der Waals surface area contributed by atoms with Gasteiger partial charge in [0.15, 0.2) is 0 Å². The second-order valence-corrected chi connectivity index (χ2v) is 10.9. The van der Waals surface area contributed by atoms with E-state index < -0.39 is 23.0 Å². The number of pyridine rings is 1. The van der Waals surface area contributed by atoms with Crippen LogP contribution in [0.3, 0.4) is 0 Å². The van der Waals surface area contributed by atoms with Crippen molar-refractivity contribution in [1.82, 2.24) is 20.9 Å². The largest absolute Gasteiger partial charge is 0.384 e. The van der Waals surface area contributed by atoms with Crippen molar-refractivity contribution in [3.05, 3.63) is 101 Å². The summed E-state index contributed by atoms with van der Waals surface area (Å²) in [6.45, 7) is 3.10. The van der Waals surface area contributed by atoms with Crippen LogP contribution in [0, 0.1) is 11.3 Å². The molecule has 0 aliphatic heterocycles. The number of benzene rings is 3. The number of hydrogen-bond acceptors (Lipinski definition) is 6. The van der Waals surface area contributed by atoms with E-state index in [2.05, 4.69) is 28.1 Å². The van der Waals surface area contributed by atoms with Gasteiger partial charge in [-0.3, -0.25) is 14.4 Å². The predicted molar refractivity (Wildman–Crippen MR) is 158 cm³/mol. The summed E-state index contributed by atoms with van der Waals surface area (Å²) in [5.41, 5.74) is 2.43. The van der Waals surface area contributed by atoms with Crippen LogP contribution in [0.25, 0.3) is 22.0 Å². The molecule has 0 saturated heterocycles. The summed E-state index contributed by atoms with van der Waals surface area (Å²) < 4.78 is 0. The van der Waals surface area contributed by atoms with E-state index in [1.54, 1.807) is 50.2 Å². The summed E-state index contributed by atoms with van der Waals surface area (Å²) in [6.07, 6.45) is 1.50. The highest BCUT2D eigenvalue weighted by Crippen LogP contribution is 2.49. The summed E-state index contributed by atoms with van der Waals surface area (Å²) in [6, 6.07) is 26.4. The Balaban J connectivity index is 1.44. The number of amides is 3. The van der Waals surface area contributed by atoms with Crippen LogP contribution in [0.15, 0.2) is 78.9 Å². The number of hydrogen-bond donors (Lipinski definition) is 4. The fourth-order valence-electron chi connectivity index (χ4n) is 5.01. The summed E-state index contributed by atoms with van der Waals surface area (Å²) >= 11 is 0. The molecule has 9 heteroatoms. The van der Waals surface area contributed by atoms with Gasteiger partial charge in [-0.1, -0.05) is 48.5 Å². The minimum atomic E-state index is -1.09. The van der Waals surface area contributed by atoms with E-state index in [1.165, 1.54) is 0 Å². The Hall–Kier alpha value is -5.07. The molecular weight excluding hydrogens is 530 g/mol. The van der Waals surface area contributed by atoms with Crippen LogP contribution >= 0.6 is 0 Å². The maximum absolute atomic E-state index is 13.7. The minimum absolute atomic E-state index is 0.0307. The number of aliphatic hydroxyl groups is 1. The molecule has 212 valence electrons. The molecule has 0 radical (unpaired) electrons. The Morgan fingerprint density at radius 1 is 0.952 bits per heavy atom. The van der Waals surface area contributed by atoms with Crippen molar-refractivity contribution < 1.29 is 19.5 Å². The lowest BCUT2D eigenvalue weighted by molar-refractivity contribution is -0.139. The molecule has 4 N–H and O–H groups in total. The molecule has 1 fully saturated rings. The predicted octanol–water partition coefficient (Wildman–Crippen LogP) is 3.80. The lowest BCUT2D eigenvalue weighted by Crippen LogP contribution is -2.40. The first kappa shape index (κ1) is 28.5. The van der Waals surface area contributed by atoms with E-state index in [0.29, 0.717) is 16.8 Å². The number of carbonyl (C=O) groups excluding carboxylic acids is 3. The third kappa shape index (κ3) is 5.99. The fourth-order valence-corrected chi connectivity index (χ4v) is 5.01. The number of nitrogens with one attached hydrogen (secondary N) is 3. The number of aromatic nitrogens is 1. The zero-order valence-electron chi connectivity index (χ0n) is 23.4. The van der Waals surface area contributed by atoms with E-state index in [0.717, 1.165) is 40.4 Å². The molecule has 0 spiro atoms. The zero-order valence-corrected chi connectivity index (χ0v) is 23.4. The van der Waals surface area contributed by atoms with E-state index in [9.17, 15) is 19.5 Å². The molecule has 3 amide bonds. The van der Waals surface area contributed by atoms with Gasteiger partial charge in [0.1, 0.15) is 12.1 Å². The molecule has 1 saturated carbocycles. The molecule has 9 nitrogen and oxygen atoms in total. The lowest BCUT2D eigenvalue weighted by Gasteiger charge is -2.23. The zero-order chi connectivity index (χ0) is 29.9. The van der Waals surface area contributed by atoms with Crippen LogP contribution in [0.4, 0.5) is 0 Å². The van der Waals surface area contributed by atoms with Gasteiger partial charge in [-0.25, -0.2) is 4.98 Å². The number of fused-ring (bicyclic) bond motifs is 1. The second kappa shape index (κ2) is 11.4. The third-order valence-corrected chi connectivity index (χ3v) is 7.39. The quantitative estimate of drug-likeness (QED) is 0.190. The molecule has 0 atom stereocenters. The average molecular weight is 562 g/mol.